The Bertz CT molecular complexity index is 1170. The van der Waals surface area contributed by atoms with Crippen LogP contribution in [0.1, 0.15) is 18.9 Å². The molecule has 0 radical (unpaired) electrons. The van der Waals surface area contributed by atoms with Crippen molar-refractivity contribution in [2.75, 3.05) is 16.8 Å². The first-order valence-electron chi connectivity index (χ1n) is 10.5. The summed E-state index contributed by atoms with van der Waals surface area (Å²) in [6.45, 7) is 1.72. The number of esters is 1. The van der Waals surface area contributed by atoms with Gasteiger partial charge in [-0.25, -0.2) is 0 Å². The highest BCUT2D eigenvalue weighted by Crippen LogP contribution is 2.47. The topological polar surface area (TPSA) is 58.6 Å². The molecule has 1 atom stereocenters. The Hall–Kier alpha value is -3.46. The smallest absolute Gasteiger partial charge is 0.416 e. The van der Waals surface area contributed by atoms with Crippen LogP contribution in [-0.4, -0.2) is 24.5 Å². The molecule has 3 aromatic carbocycles. The number of nitrogens with one attached hydrogen (secondary N) is 1. The van der Waals surface area contributed by atoms with Crippen LogP contribution in [0.2, 0.25) is 0 Å². The first-order chi connectivity index (χ1) is 16.2. The number of benzene rings is 3. The van der Waals surface area contributed by atoms with Gasteiger partial charge in [0.1, 0.15) is 0 Å². The van der Waals surface area contributed by atoms with Gasteiger partial charge in [0.15, 0.2) is 6.10 Å². The van der Waals surface area contributed by atoms with Gasteiger partial charge < -0.3 is 15.0 Å². The number of fused-ring (bicyclic) bond motifs is 2. The van der Waals surface area contributed by atoms with Gasteiger partial charge in [0.05, 0.1) is 23.4 Å². The maximum atomic E-state index is 12.9. The third-order valence-corrected chi connectivity index (χ3v) is 6.34. The lowest BCUT2D eigenvalue weighted by Gasteiger charge is -2.32. The fourth-order valence-electron chi connectivity index (χ4n) is 3.55. The first kappa shape index (κ1) is 23.7. The number of nitrogens with zero attached hydrogens (tertiary/aromatic N) is 1. The van der Waals surface area contributed by atoms with E-state index < -0.39 is 29.7 Å². The van der Waals surface area contributed by atoms with E-state index in [0.717, 1.165) is 33.3 Å². The lowest BCUT2D eigenvalue weighted by Crippen LogP contribution is -2.31. The molecule has 5 nitrogen and oxygen atoms in total. The molecule has 1 amide bonds. The maximum Gasteiger partial charge on any atom is 0.416 e. The van der Waals surface area contributed by atoms with Gasteiger partial charge in [0.2, 0.25) is 0 Å². The summed E-state index contributed by atoms with van der Waals surface area (Å²) < 4.78 is 43.9. The van der Waals surface area contributed by atoms with Crippen LogP contribution in [0.5, 0.6) is 0 Å². The van der Waals surface area contributed by atoms with Gasteiger partial charge in [-0.05, 0) is 49.4 Å². The van der Waals surface area contributed by atoms with E-state index in [1.807, 2.05) is 53.4 Å². The Balaban J connectivity index is 1.37. The molecule has 1 N–H and O–H groups in total. The summed E-state index contributed by atoms with van der Waals surface area (Å²) in [5, 5.41) is 2.36. The Morgan fingerprint density at radius 3 is 2.21 bits per heavy atom. The van der Waals surface area contributed by atoms with Crippen molar-refractivity contribution in [3.63, 3.8) is 0 Å². The largest absolute Gasteiger partial charge is 0.452 e. The molecule has 9 heteroatoms. The average molecular weight is 487 g/mol. The average Bonchev–Trinajstić information content (AvgIpc) is 2.81. The normalized spacial score (nSPS) is 13.5. The summed E-state index contributed by atoms with van der Waals surface area (Å²) in [6.07, 6.45) is -5.67. The summed E-state index contributed by atoms with van der Waals surface area (Å²) in [7, 11) is 0. The van der Waals surface area contributed by atoms with Crippen LogP contribution in [0.25, 0.3) is 0 Å². The fraction of sp³-hybridized carbons (Fsp3) is 0.200. The summed E-state index contributed by atoms with van der Waals surface area (Å²) >= 11 is 1.66. The molecule has 0 spiro atoms. The van der Waals surface area contributed by atoms with Crippen molar-refractivity contribution in [2.24, 2.45) is 0 Å². The number of hydrogen-bond acceptors (Lipinski definition) is 5. The highest BCUT2D eigenvalue weighted by molar-refractivity contribution is 7.99. The molecule has 0 bridgehead atoms. The van der Waals surface area contributed by atoms with Gasteiger partial charge in [-0.1, -0.05) is 42.1 Å². The number of alkyl halides is 3. The van der Waals surface area contributed by atoms with Crippen molar-refractivity contribution in [1.82, 2.24) is 0 Å². The number of amides is 1. The molecule has 0 aromatic heterocycles. The lowest BCUT2D eigenvalue weighted by atomic mass is 10.2. The SMILES string of the molecule is C[C@@H](OC(=O)CCN1c2ccccc2Sc2ccccc21)C(=O)Nc1cccc(C(F)(F)F)c1. The molecule has 1 heterocycles. The van der Waals surface area contributed by atoms with Gasteiger partial charge >= 0.3 is 12.1 Å². The molecular weight excluding hydrogens is 465 g/mol. The molecule has 0 fully saturated rings. The van der Waals surface area contributed by atoms with Crippen LogP contribution in [0, 0.1) is 0 Å². The third kappa shape index (κ3) is 5.36. The van der Waals surface area contributed by atoms with Crippen LogP contribution in [0.3, 0.4) is 0 Å². The predicted octanol–water partition coefficient (Wildman–Crippen LogP) is 6.27. The maximum absolute atomic E-state index is 12.9. The molecule has 0 saturated heterocycles. The van der Waals surface area contributed by atoms with Crippen molar-refractivity contribution in [3.05, 3.63) is 78.4 Å². The van der Waals surface area contributed by atoms with E-state index in [1.54, 1.807) is 11.8 Å². The number of anilines is 3. The van der Waals surface area contributed by atoms with Crippen molar-refractivity contribution < 1.29 is 27.5 Å². The molecule has 1 aliphatic heterocycles. The number of rotatable bonds is 6. The van der Waals surface area contributed by atoms with Crippen molar-refractivity contribution in [2.45, 2.75) is 35.4 Å². The number of hydrogen-bond donors (Lipinski definition) is 1. The van der Waals surface area contributed by atoms with Gasteiger partial charge in [0.25, 0.3) is 5.91 Å². The summed E-state index contributed by atoms with van der Waals surface area (Å²) in [4.78, 5) is 29.0. The van der Waals surface area contributed by atoms with E-state index in [9.17, 15) is 22.8 Å². The van der Waals surface area contributed by atoms with Crippen LogP contribution in [-0.2, 0) is 20.5 Å². The second kappa shape index (κ2) is 9.80. The standard InChI is InChI=1S/C25H21F3N2O3S/c1-16(24(32)29-18-8-6-7-17(15-18)25(26,27)28)33-23(31)13-14-30-19-9-2-4-11-21(19)34-22-12-5-3-10-20(22)30/h2-12,15-16H,13-14H2,1H3,(H,29,32)/t16-/m1/s1. The zero-order chi connectivity index (χ0) is 24.3. The van der Waals surface area contributed by atoms with Crippen LogP contribution >= 0.6 is 11.8 Å². The highest BCUT2D eigenvalue weighted by atomic mass is 32.2. The Kier molecular flexibility index (Phi) is 6.83. The van der Waals surface area contributed by atoms with E-state index in [1.165, 1.54) is 19.1 Å². The second-order valence-corrected chi connectivity index (χ2v) is 8.72. The molecule has 0 unspecified atom stereocenters. The summed E-state index contributed by atoms with van der Waals surface area (Å²) in [5.74, 6) is -1.29. The second-order valence-electron chi connectivity index (χ2n) is 7.64. The van der Waals surface area contributed by atoms with Crippen molar-refractivity contribution in [1.29, 1.82) is 0 Å². The number of halogens is 3. The first-order valence-corrected chi connectivity index (χ1v) is 11.3. The minimum absolute atomic E-state index is 0.0223. The predicted molar refractivity (Wildman–Crippen MR) is 124 cm³/mol. The van der Waals surface area contributed by atoms with Crippen LogP contribution in [0.4, 0.5) is 30.2 Å². The molecule has 34 heavy (non-hydrogen) atoms. The minimum atomic E-state index is -4.52. The van der Waals surface area contributed by atoms with E-state index in [-0.39, 0.29) is 12.1 Å². The summed E-state index contributed by atoms with van der Waals surface area (Å²) in [5.41, 5.74) is 1.06. The number of para-hydroxylation sites is 2. The Morgan fingerprint density at radius 1 is 0.971 bits per heavy atom. The minimum Gasteiger partial charge on any atom is -0.452 e. The van der Waals surface area contributed by atoms with E-state index in [2.05, 4.69) is 5.32 Å². The number of carbonyl (C=O) groups is 2. The number of carbonyl (C=O) groups excluding carboxylic acids is 2. The fourth-order valence-corrected chi connectivity index (χ4v) is 4.65. The van der Waals surface area contributed by atoms with Gasteiger partial charge in [-0.2, -0.15) is 13.2 Å². The van der Waals surface area contributed by atoms with E-state index in [0.29, 0.717) is 6.54 Å². The molecule has 176 valence electrons. The van der Waals surface area contributed by atoms with E-state index >= 15 is 0 Å². The van der Waals surface area contributed by atoms with Crippen LogP contribution < -0.4 is 10.2 Å². The van der Waals surface area contributed by atoms with Crippen LogP contribution in [0.15, 0.2) is 82.6 Å². The van der Waals surface area contributed by atoms with Crippen molar-refractivity contribution >= 4 is 40.7 Å². The van der Waals surface area contributed by atoms with E-state index in [4.69, 9.17) is 4.74 Å². The van der Waals surface area contributed by atoms with Gasteiger partial charge in [-0.15, -0.1) is 0 Å². The lowest BCUT2D eigenvalue weighted by molar-refractivity contribution is -0.152. The number of ether oxygens (including phenoxy) is 1. The molecule has 0 saturated carbocycles. The Morgan fingerprint density at radius 2 is 1.59 bits per heavy atom. The zero-order valence-electron chi connectivity index (χ0n) is 18.1. The molecule has 3 aromatic rings. The highest BCUT2D eigenvalue weighted by Gasteiger charge is 2.31. The quantitative estimate of drug-likeness (QED) is 0.416. The Labute approximate surface area is 198 Å². The molecule has 0 aliphatic carbocycles. The molecule has 1 aliphatic rings. The molecular formula is C25H21F3N2O3S. The third-order valence-electron chi connectivity index (χ3n) is 5.21. The molecule has 4 rings (SSSR count). The zero-order valence-corrected chi connectivity index (χ0v) is 19.0. The van der Waals surface area contributed by atoms with Gasteiger partial charge in [-0.3, -0.25) is 9.59 Å². The summed E-state index contributed by atoms with van der Waals surface area (Å²) in [6, 6.07) is 20.0. The monoisotopic (exact) mass is 486 g/mol. The van der Waals surface area contributed by atoms with Crippen molar-refractivity contribution in [3.8, 4) is 0 Å². The van der Waals surface area contributed by atoms with Gasteiger partial charge in [0, 0.05) is 22.0 Å².